The van der Waals surface area contributed by atoms with E-state index in [9.17, 15) is 8.42 Å². The van der Waals surface area contributed by atoms with E-state index in [1.165, 1.54) is 26.4 Å². The van der Waals surface area contributed by atoms with Crippen molar-refractivity contribution in [1.82, 2.24) is 19.3 Å². The number of methoxy groups -OCH3 is 2. The summed E-state index contributed by atoms with van der Waals surface area (Å²) >= 11 is 0. The van der Waals surface area contributed by atoms with Gasteiger partial charge in [0.1, 0.15) is 11.3 Å². The summed E-state index contributed by atoms with van der Waals surface area (Å²) in [6.07, 6.45) is 1.69. The Labute approximate surface area is 151 Å². The van der Waals surface area contributed by atoms with Crippen LogP contribution in [0.4, 0.5) is 0 Å². The fourth-order valence-corrected chi connectivity index (χ4v) is 3.69. The summed E-state index contributed by atoms with van der Waals surface area (Å²) in [4.78, 5) is 8.87. The van der Waals surface area contributed by atoms with Crippen LogP contribution in [-0.4, -0.2) is 37.2 Å². The highest BCUT2D eigenvalue weighted by Gasteiger charge is 2.19. The number of hydrogen-bond acceptors (Lipinski definition) is 6. The SMILES string of the molecule is CCn1c(CNS(=O)(=O)c2ccc(OC)c(OC)c2)nc2cccnc21. The van der Waals surface area contributed by atoms with E-state index < -0.39 is 10.0 Å². The summed E-state index contributed by atoms with van der Waals surface area (Å²) in [5.41, 5.74) is 1.46. The van der Waals surface area contributed by atoms with Crippen molar-refractivity contribution in [2.75, 3.05) is 14.2 Å². The van der Waals surface area contributed by atoms with Crippen LogP contribution in [0.2, 0.25) is 0 Å². The maximum Gasteiger partial charge on any atom is 0.241 e. The maximum absolute atomic E-state index is 12.6. The molecule has 2 heterocycles. The van der Waals surface area contributed by atoms with E-state index in [2.05, 4.69) is 14.7 Å². The largest absolute Gasteiger partial charge is 0.493 e. The average molecular weight is 376 g/mol. The third-order valence-corrected chi connectivity index (χ3v) is 5.38. The van der Waals surface area contributed by atoms with E-state index in [0.717, 1.165) is 11.2 Å². The maximum atomic E-state index is 12.6. The Morgan fingerprint density at radius 2 is 1.92 bits per heavy atom. The smallest absolute Gasteiger partial charge is 0.241 e. The Kier molecular flexibility index (Phi) is 5.10. The van der Waals surface area contributed by atoms with Gasteiger partial charge < -0.3 is 14.0 Å². The number of hydrogen-bond donors (Lipinski definition) is 1. The lowest BCUT2D eigenvalue weighted by atomic mass is 10.3. The van der Waals surface area contributed by atoms with Crippen molar-refractivity contribution in [1.29, 1.82) is 0 Å². The molecule has 0 bridgehead atoms. The third kappa shape index (κ3) is 3.35. The molecule has 8 nitrogen and oxygen atoms in total. The van der Waals surface area contributed by atoms with Crippen LogP contribution in [0.25, 0.3) is 11.2 Å². The molecule has 3 rings (SSSR count). The predicted octanol–water partition coefficient (Wildman–Crippen LogP) is 1.95. The minimum absolute atomic E-state index is 0.0564. The number of ether oxygens (including phenoxy) is 2. The van der Waals surface area contributed by atoms with Gasteiger partial charge >= 0.3 is 0 Å². The molecule has 0 spiro atoms. The van der Waals surface area contributed by atoms with Gasteiger partial charge in [0, 0.05) is 18.8 Å². The molecule has 0 aliphatic heterocycles. The van der Waals surface area contributed by atoms with Crippen molar-refractivity contribution in [2.24, 2.45) is 0 Å². The lowest BCUT2D eigenvalue weighted by Crippen LogP contribution is -2.25. The summed E-state index contributed by atoms with van der Waals surface area (Å²) in [7, 11) is -0.788. The summed E-state index contributed by atoms with van der Waals surface area (Å²) in [5, 5.41) is 0. The van der Waals surface area contributed by atoms with Gasteiger partial charge in [-0.15, -0.1) is 0 Å². The molecule has 0 aliphatic carbocycles. The van der Waals surface area contributed by atoms with Crippen molar-refractivity contribution < 1.29 is 17.9 Å². The zero-order chi connectivity index (χ0) is 18.7. The molecule has 3 aromatic rings. The molecule has 0 radical (unpaired) electrons. The third-order valence-electron chi connectivity index (χ3n) is 3.98. The highest BCUT2D eigenvalue weighted by atomic mass is 32.2. The fourth-order valence-electron chi connectivity index (χ4n) is 2.70. The monoisotopic (exact) mass is 376 g/mol. The lowest BCUT2D eigenvalue weighted by Gasteiger charge is -2.11. The van der Waals surface area contributed by atoms with Gasteiger partial charge in [-0.05, 0) is 31.2 Å². The normalized spacial score (nSPS) is 11.7. The number of nitrogens with one attached hydrogen (secondary N) is 1. The Balaban J connectivity index is 1.87. The summed E-state index contributed by atoms with van der Waals surface area (Å²) in [6, 6.07) is 8.09. The molecule has 138 valence electrons. The number of sulfonamides is 1. The average Bonchev–Trinajstić information content (AvgIpc) is 3.03. The number of rotatable bonds is 7. The second-order valence-electron chi connectivity index (χ2n) is 5.46. The van der Waals surface area contributed by atoms with Gasteiger partial charge in [0.15, 0.2) is 17.1 Å². The molecule has 9 heteroatoms. The van der Waals surface area contributed by atoms with Crippen molar-refractivity contribution in [2.45, 2.75) is 24.9 Å². The number of fused-ring (bicyclic) bond motifs is 1. The molecule has 0 amide bonds. The van der Waals surface area contributed by atoms with E-state index in [1.807, 2.05) is 17.6 Å². The molecule has 0 atom stereocenters. The first-order valence-corrected chi connectivity index (χ1v) is 9.50. The Morgan fingerprint density at radius 1 is 1.15 bits per heavy atom. The van der Waals surface area contributed by atoms with Crippen LogP contribution in [0.3, 0.4) is 0 Å². The zero-order valence-corrected chi connectivity index (χ0v) is 15.6. The van der Waals surface area contributed by atoms with Crippen LogP contribution in [0.15, 0.2) is 41.4 Å². The van der Waals surface area contributed by atoms with Gasteiger partial charge in [-0.25, -0.2) is 23.1 Å². The van der Waals surface area contributed by atoms with Crippen molar-refractivity contribution >= 4 is 21.2 Å². The number of pyridine rings is 1. The number of benzene rings is 1. The van der Waals surface area contributed by atoms with Gasteiger partial charge in [-0.1, -0.05) is 0 Å². The molecule has 0 unspecified atom stereocenters. The van der Waals surface area contributed by atoms with Crippen molar-refractivity contribution in [3.8, 4) is 11.5 Å². The van der Waals surface area contributed by atoms with E-state index in [-0.39, 0.29) is 11.4 Å². The van der Waals surface area contributed by atoms with E-state index >= 15 is 0 Å². The fraction of sp³-hybridized carbons (Fsp3) is 0.294. The summed E-state index contributed by atoms with van der Waals surface area (Å²) in [5.74, 6) is 1.41. The van der Waals surface area contributed by atoms with Crippen LogP contribution in [-0.2, 0) is 23.1 Å². The Bertz CT molecular complexity index is 1030. The molecule has 26 heavy (non-hydrogen) atoms. The van der Waals surface area contributed by atoms with Crippen LogP contribution in [0.5, 0.6) is 11.5 Å². The van der Waals surface area contributed by atoms with Gasteiger partial charge in [0.2, 0.25) is 10.0 Å². The minimum Gasteiger partial charge on any atom is -0.493 e. The van der Waals surface area contributed by atoms with Gasteiger partial charge in [-0.2, -0.15) is 0 Å². The number of aromatic nitrogens is 3. The second kappa shape index (κ2) is 7.30. The molecular weight excluding hydrogens is 356 g/mol. The molecule has 0 aliphatic rings. The zero-order valence-electron chi connectivity index (χ0n) is 14.8. The van der Waals surface area contributed by atoms with E-state index in [1.54, 1.807) is 18.3 Å². The molecule has 0 fully saturated rings. The van der Waals surface area contributed by atoms with Crippen LogP contribution in [0, 0.1) is 0 Å². The lowest BCUT2D eigenvalue weighted by molar-refractivity contribution is 0.354. The van der Waals surface area contributed by atoms with Crippen molar-refractivity contribution in [3.05, 3.63) is 42.4 Å². The topological polar surface area (TPSA) is 95.3 Å². The van der Waals surface area contributed by atoms with Gasteiger partial charge in [0.25, 0.3) is 0 Å². The molecule has 0 saturated carbocycles. The standard InChI is InChI=1S/C17H20N4O4S/c1-4-21-16(20-13-6-5-9-18-17(13)21)11-19-26(22,23)12-7-8-14(24-2)15(10-12)25-3/h5-10,19H,4,11H2,1-3H3. The van der Waals surface area contributed by atoms with E-state index in [4.69, 9.17) is 9.47 Å². The molecule has 1 N–H and O–H groups in total. The van der Waals surface area contributed by atoms with Gasteiger partial charge in [0.05, 0.1) is 25.7 Å². The highest BCUT2D eigenvalue weighted by molar-refractivity contribution is 7.89. The number of aryl methyl sites for hydroxylation is 1. The first kappa shape index (κ1) is 18.2. The number of nitrogens with zero attached hydrogens (tertiary/aromatic N) is 3. The quantitative estimate of drug-likeness (QED) is 0.677. The van der Waals surface area contributed by atoms with Crippen LogP contribution < -0.4 is 14.2 Å². The van der Waals surface area contributed by atoms with Gasteiger partial charge in [-0.3, -0.25) is 0 Å². The first-order chi connectivity index (χ1) is 12.5. The summed E-state index contributed by atoms with van der Waals surface area (Å²) in [6.45, 7) is 2.66. The second-order valence-corrected chi connectivity index (χ2v) is 7.23. The van der Waals surface area contributed by atoms with Crippen LogP contribution in [0.1, 0.15) is 12.7 Å². The summed E-state index contributed by atoms with van der Waals surface area (Å²) < 4.78 is 40.0. The Morgan fingerprint density at radius 3 is 2.62 bits per heavy atom. The Hall–Kier alpha value is -2.65. The first-order valence-electron chi connectivity index (χ1n) is 8.02. The molecule has 2 aromatic heterocycles. The molecule has 1 aromatic carbocycles. The highest BCUT2D eigenvalue weighted by Crippen LogP contribution is 2.29. The predicted molar refractivity (Wildman–Crippen MR) is 96.8 cm³/mol. The van der Waals surface area contributed by atoms with E-state index in [0.29, 0.717) is 23.9 Å². The molecular formula is C17H20N4O4S. The molecule has 0 saturated heterocycles. The van der Waals surface area contributed by atoms with Crippen LogP contribution >= 0.6 is 0 Å². The van der Waals surface area contributed by atoms with Crippen molar-refractivity contribution in [3.63, 3.8) is 0 Å². The number of imidazole rings is 1. The minimum atomic E-state index is -3.74.